The van der Waals surface area contributed by atoms with Crippen molar-refractivity contribution < 1.29 is 0 Å². The number of thiazole rings is 1. The van der Waals surface area contributed by atoms with E-state index in [0.717, 1.165) is 36.2 Å². The van der Waals surface area contributed by atoms with Crippen molar-refractivity contribution in [1.29, 1.82) is 0 Å². The highest BCUT2D eigenvalue weighted by atomic mass is 32.1. The summed E-state index contributed by atoms with van der Waals surface area (Å²) in [6.45, 7) is 10.6. The quantitative estimate of drug-likeness (QED) is 0.364. The van der Waals surface area contributed by atoms with Gasteiger partial charge < -0.3 is 10.6 Å². The van der Waals surface area contributed by atoms with Crippen molar-refractivity contribution in [3.8, 4) is 0 Å². The summed E-state index contributed by atoms with van der Waals surface area (Å²) in [7, 11) is 0. The first-order valence-electron chi connectivity index (χ1n) is 6.73. The number of rotatable bonds is 6. The molecule has 0 bridgehead atoms. The van der Waals surface area contributed by atoms with Gasteiger partial charge in [-0.1, -0.05) is 12.2 Å². The standard InChI is InChI=1S/C14H24N4S/c1-5-7-8-9-16-14(15-6-2)17-10-13-11(3)18-12(4)19-13/h5,7H,6,8-10H2,1-4H3,(H2,15,16,17)/b7-5+. The Labute approximate surface area is 120 Å². The molecule has 1 aromatic heterocycles. The monoisotopic (exact) mass is 280 g/mol. The van der Waals surface area contributed by atoms with E-state index in [-0.39, 0.29) is 0 Å². The molecule has 1 aromatic rings. The van der Waals surface area contributed by atoms with Gasteiger partial charge in [0.1, 0.15) is 0 Å². The lowest BCUT2D eigenvalue weighted by molar-refractivity contribution is 0.810. The second-order valence-corrected chi connectivity index (χ2v) is 5.51. The highest BCUT2D eigenvalue weighted by Crippen LogP contribution is 2.17. The summed E-state index contributed by atoms with van der Waals surface area (Å²) in [6, 6.07) is 0. The highest BCUT2D eigenvalue weighted by molar-refractivity contribution is 7.11. The zero-order chi connectivity index (χ0) is 14.1. The molecule has 106 valence electrons. The summed E-state index contributed by atoms with van der Waals surface area (Å²) in [4.78, 5) is 10.3. The number of aryl methyl sites for hydroxylation is 2. The van der Waals surface area contributed by atoms with E-state index in [1.165, 1.54) is 4.88 Å². The average Bonchev–Trinajstić information content (AvgIpc) is 2.70. The first-order chi connectivity index (χ1) is 9.17. The first-order valence-corrected chi connectivity index (χ1v) is 7.55. The van der Waals surface area contributed by atoms with Crippen molar-refractivity contribution >= 4 is 17.3 Å². The molecule has 0 amide bonds. The molecule has 0 aliphatic heterocycles. The SMILES string of the molecule is C/C=C/CCNC(=NCc1sc(C)nc1C)NCC. The Bertz CT molecular complexity index is 435. The summed E-state index contributed by atoms with van der Waals surface area (Å²) in [5, 5.41) is 7.68. The second-order valence-electron chi connectivity index (χ2n) is 4.22. The van der Waals surface area contributed by atoms with Gasteiger partial charge in [0.15, 0.2) is 5.96 Å². The lowest BCUT2D eigenvalue weighted by Gasteiger charge is -2.09. The topological polar surface area (TPSA) is 49.3 Å². The van der Waals surface area contributed by atoms with Crippen LogP contribution in [-0.4, -0.2) is 24.0 Å². The summed E-state index contributed by atoms with van der Waals surface area (Å²) in [5.41, 5.74) is 1.09. The molecule has 0 spiro atoms. The van der Waals surface area contributed by atoms with Crippen LogP contribution in [0.5, 0.6) is 0 Å². The van der Waals surface area contributed by atoms with E-state index < -0.39 is 0 Å². The normalized spacial score (nSPS) is 12.1. The molecule has 0 aromatic carbocycles. The summed E-state index contributed by atoms with van der Waals surface area (Å²) in [5.74, 6) is 0.873. The molecule has 0 aliphatic carbocycles. The first kappa shape index (κ1) is 15.7. The van der Waals surface area contributed by atoms with Crippen molar-refractivity contribution in [2.45, 2.75) is 40.7 Å². The van der Waals surface area contributed by atoms with Crippen LogP contribution in [0.15, 0.2) is 17.1 Å². The molecule has 0 saturated carbocycles. The zero-order valence-corrected chi connectivity index (χ0v) is 13.1. The van der Waals surface area contributed by atoms with Crippen LogP contribution in [0.4, 0.5) is 0 Å². The number of nitrogens with zero attached hydrogens (tertiary/aromatic N) is 2. The zero-order valence-electron chi connectivity index (χ0n) is 12.3. The van der Waals surface area contributed by atoms with Gasteiger partial charge in [0.2, 0.25) is 0 Å². The van der Waals surface area contributed by atoms with E-state index in [1.54, 1.807) is 11.3 Å². The minimum Gasteiger partial charge on any atom is -0.357 e. The van der Waals surface area contributed by atoms with Crippen LogP contribution in [-0.2, 0) is 6.54 Å². The average molecular weight is 280 g/mol. The van der Waals surface area contributed by atoms with E-state index in [4.69, 9.17) is 0 Å². The molecule has 0 atom stereocenters. The number of allylic oxidation sites excluding steroid dienone is 1. The molecular weight excluding hydrogens is 256 g/mol. The maximum absolute atomic E-state index is 4.60. The van der Waals surface area contributed by atoms with Crippen molar-refractivity contribution in [2.75, 3.05) is 13.1 Å². The smallest absolute Gasteiger partial charge is 0.191 e. The molecule has 0 saturated heterocycles. The Morgan fingerprint density at radius 1 is 1.37 bits per heavy atom. The van der Waals surface area contributed by atoms with Crippen LogP contribution in [0.3, 0.4) is 0 Å². The fourth-order valence-corrected chi connectivity index (χ4v) is 2.51. The van der Waals surface area contributed by atoms with Gasteiger partial charge in [-0.15, -0.1) is 11.3 Å². The predicted molar refractivity (Wildman–Crippen MR) is 83.8 cm³/mol. The maximum Gasteiger partial charge on any atom is 0.191 e. The highest BCUT2D eigenvalue weighted by Gasteiger charge is 2.04. The fourth-order valence-electron chi connectivity index (χ4n) is 1.65. The lowest BCUT2D eigenvalue weighted by atomic mass is 10.4. The van der Waals surface area contributed by atoms with Gasteiger partial charge in [-0.2, -0.15) is 0 Å². The van der Waals surface area contributed by atoms with Crippen molar-refractivity contribution in [2.24, 2.45) is 4.99 Å². The summed E-state index contributed by atoms with van der Waals surface area (Å²) >= 11 is 1.72. The third-order valence-corrected chi connectivity index (χ3v) is 3.62. The van der Waals surface area contributed by atoms with Crippen LogP contribution >= 0.6 is 11.3 Å². The summed E-state index contributed by atoms with van der Waals surface area (Å²) in [6.07, 6.45) is 5.22. The van der Waals surface area contributed by atoms with E-state index in [2.05, 4.69) is 39.7 Å². The van der Waals surface area contributed by atoms with Gasteiger partial charge >= 0.3 is 0 Å². The molecule has 0 aliphatic rings. The number of nitrogens with one attached hydrogen (secondary N) is 2. The van der Waals surface area contributed by atoms with E-state index in [0.29, 0.717) is 6.54 Å². The molecule has 1 heterocycles. The molecule has 0 radical (unpaired) electrons. The van der Waals surface area contributed by atoms with Gasteiger partial charge in [0.05, 0.1) is 17.2 Å². The number of guanidine groups is 1. The fraction of sp³-hybridized carbons (Fsp3) is 0.571. The van der Waals surface area contributed by atoms with Crippen LogP contribution in [0.25, 0.3) is 0 Å². The number of hydrogen-bond acceptors (Lipinski definition) is 3. The molecule has 0 unspecified atom stereocenters. The number of hydrogen-bond donors (Lipinski definition) is 2. The predicted octanol–water partition coefficient (Wildman–Crippen LogP) is 2.78. The molecule has 2 N–H and O–H groups in total. The molecule has 0 fully saturated rings. The van der Waals surface area contributed by atoms with Crippen LogP contribution < -0.4 is 10.6 Å². The van der Waals surface area contributed by atoms with Gasteiger partial charge in [0.25, 0.3) is 0 Å². The largest absolute Gasteiger partial charge is 0.357 e. The van der Waals surface area contributed by atoms with E-state index >= 15 is 0 Å². The van der Waals surface area contributed by atoms with Gasteiger partial charge in [-0.3, -0.25) is 0 Å². The Hall–Kier alpha value is -1.36. The van der Waals surface area contributed by atoms with Gasteiger partial charge in [-0.25, -0.2) is 9.98 Å². The number of aromatic nitrogens is 1. The molecule has 5 heteroatoms. The number of aliphatic imine (C=N–C) groups is 1. The Balaban J connectivity index is 2.54. The molecular formula is C14H24N4S. The Kier molecular flexibility index (Phi) is 7.18. The summed E-state index contributed by atoms with van der Waals surface area (Å²) < 4.78 is 0. The minimum absolute atomic E-state index is 0.691. The van der Waals surface area contributed by atoms with Crippen LogP contribution in [0, 0.1) is 13.8 Å². The van der Waals surface area contributed by atoms with Crippen molar-refractivity contribution in [1.82, 2.24) is 15.6 Å². The van der Waals surface area contributed by atoms with Crippen molar-refractivity contribution in [3.63, 3.8) is 0 Å². The molecule has 4 nitrogen and oxygen atoms in total. The lowest BCUT2D eigenvalue weighted by Crippen LogP contribution is -2.37. The second kappa shape index (κ2) is 8.69. The van der Waals surface area contributed by atoms with E-state index in [1.807, 2.05) is 20.8 Å². The minimum atomic E-state index is 0.691. The van der Waals surface area contributed by atoms with Gasteiger partial charge in [0, 0.05) is 18.0 Å². The Morgan fingerprint density at radius 2 is 2.16 bits per heavy atom. The molecule has 1 rings (SSSR count). The maximum atomic E-state index is 4.60. The molecule has 19 heavy (non-hydrogen) atoms. The third kappa shape index (κ3) is 5.87. The van der Waals surface area contributed by atoms with Crippen LogP contribution in [0.2, 0.25) is 0 Å². The Morgan fingerprint density at radius 3 is 2.74 bits per heavy atom. The van der Waals surface area contributed by atoms with Crippen molar-refractivity contribution in [3.05, 3.63) is 27.7 Å². The van der Waals surface area contributed by atoms with E-state index in [9.17, 15) is 0 Å². The van der Waals surface area contributed by atoms with Crippen LogP contribution in [0.1, 0.15) is 35.8 Å². The van der Waals surface area contributed by atoms with Gasteiger partial charge in [-0.05, 0) is 34.1 Å². The third-order valence-electron chi connectivity index (χ3n) is 2.56.